The fourth-order valence-corrected chi connectivity index (χ4v) is 5.34. The number of anilines is 1. The molecule has 1 saturated heterocycles. The van der Waals surface area contributed by atoms with E-state index >= 15 is 0 Å². The van der Waals surface area contributed by atoms with Gasteiger partial charge >= 0.3 is 5.97 Å². The summed E-state index contributed by atoms with van der Waals surface area (Å²) in [5.41, 5.74) is 0.925. The van der Waals surface area contributed by atoms with Gasteiger partial charge in [-0.3, -0.25) is 19.4 Å². The topological polar surface area (TPSA) is 111 Å². The monoisotopic (exact) mass is 552 g/mol. The van der Waals surface area contributed by atoms with Gasteiger partial charge < -0.3 is 29.0 Å². The molecule has 0 spiro atoms. The van der Waals surface area contributed by atoms with Crippen LogP contribution in [-0.4, -0.2) is 66.9 Å². The summed E-state index contributed by atoms with van der Waals surface area (Å²) >= 11 is 0. The number of nitrogens with one attached hydrogen (secondary N) is 1. The standard InChI is InChI=1S/C30H40N4O6/c1-29(2,27(36)32-19-14-25(33(5)18-19)30(3,4)28(37)39-7)11-9-13-40-24-16-22-21(15-23(24)38-6)26(35)34-12-8-10-20(34)17-31-22/h14-18,20H,8-13H2,1-7H3,(H,32,36). The van der Waals surface area contributed by atoms with Crippen molar-refractivity contribution in [1.29, 1.82) is 0 Å². The van der Waals surface area contributed by atoms with Gasteiger partial charge in [-0.25, -0.2) is 0 Å². The first-order chi connectivity index (χ1) is 18.9. The highest BCUT2D eigenvalue weighted by Gasteiger charge is 2.35. The van der Waals surface area contributed by atoms with Crippen molar-refractivity contribution in [1.82, 2.24) is 9.47 Å². The molecule has 0 bridgehead atoms. The summed E-state index contributed by atoms with van der Waals surface area (Å²) in [6, 6.07) is 5.30. The zero-order valence-electron chi connectivity index (χ0n) is 24.5. The lowest BCUT2D eigenvalue weighted by Gasteiger charge is -2.23. The Morgan fingerprint density at radius 1 is 1.12 bits per heavy atom. The molecule has 1 unspecified atom stereocenters. The van der Waals surface area contributed by atoms with E-state index in [0.717, 1.165) is 25.1 Å². The molecule has 10 heteroatoms. The summed E-state index contributed by atoms with van der Waals surface area (Å²) in [7, 11) is 4.74. The SMILES string of the molecule is COC(=O)C(C)(C)c1cc(NC(=O)C(C)(C)CCCOc2cc3c(cc2OC)C(=O)N2CCCC2C=N3)cn1C. The summed E-state index contributed by atoms with van der Waals surface area (Å²) in [6.07, 6.45) is 6.73. The molecule has 1 aromatic heterocycles. The van der Waals surface area contributed by atoms with E-state index in [9.17, 15) is 14.4 Å². The van der Waals surface area contributed by atoms with Crippen molar-refractivity contribution in [3.05, 3.63) is 35.7 Å². The predicted octanol–water partition coefficient (Wildman–Crippen LogP) is 4.63. The lowest BCUT2D eigenvalue weighted by molar-refractivity contribution is -0.146. The number of benzene rings is 1. The first-order valence-electron chi connectivity index (χ1n) is 13.7. The van der Waals surface area contributed by atoms with Gasteiger partial charge in [-0.15, -0.1) is 0 Å². The lowest BCUT2D eigenvalue weighted by Crippen LogP contribution is -2.35. The highest BCUT2D eigenvalue weighted by Crippen LogP contribution is 2.38. The van der Waals surface area contributed by atoms with Crippen LogP contribution in [0.5, 0.6) is 11.5 Å². The van der Waals surface area contributed by atoms with E-state index in [4.69, 9.17) is 14.2 Å². The van der Waals surface area contributed by atoms with Crippen LogP contribution >= 0.6 is 0 Å². The maximum absolute atomic E-state index is 13.1. The van der Waals surface area contributed by atoms with E-state index in [1.165, 1.54) is 7.11 Å². The van der Waals surface area contributed by atoms with E-state index < -0.39 is 10.8 Å². The van der Waals surface area contributed by atoms with Gasteiger partial charge in [-0.1, -0.05) is 13.8 Å². The van der Waals surface area contributed by atoms with Gasteiger partial charge in [0.1, 0.15) is 5.41 Å². The van der Waals surface area contributed by atoms with Crippen molar-refractivity contribution in [2.45, 2.75) is 64.8 Å². The number of aryl methyl sites for hydroxylation is 1. The minimum absolute atomic E-state index is 0.0328. The van der Waals surface area contributed by atoms with Gasteiger partial charge in [-0.2, -0.15) is 0 Å². The molecule has 0 aliphatic carbocycles. The molecule has 1 N–H and O–H groups in total. The van der Waals surface area contributed by atoms with Gasteiger partial charge in [0.15, 0.2) is 11.5 Å². The van der Waals surface area contributed by atoms with Crippen molar-refractivity contribution in [3.63, 3.8) is 0 Å². The zero-order chi connectivity index (χ0) is 29.2. The number of carbonyl (C=O) groups excluding carboxylic acids is 3. The molecule has 3 heterocycles. The number of esters is 1. The average Bonchev–Trinajstić information content (AvgIpc) is 3.52. The largest absolute Gasteiger partial charge is 0.493 e. The molecule has 2 aliphatic rings. The fourth-order valence-electron chi connectivity index (χ4n) is 5.34. The number of methoxy groups -OCH3 is 2. The number of hydrogen-bond acceptors (Lipinski definition) is 7. The van der Waals surface area contributed by atoms with Crippen molar-refractivity contribution in [2.75, 3.05) is 32.7 Å². The number of amides is 2. The summed E-state index contributed by atoms with van der Waals surface area (Å²) in [4.78, 5) is 44.9. The van der Waals surface area contributed by atoms with E-state index in [1.54, 1.807) is 45.4 Å². The van der Waals surface area contributed by atoms with Crippen molar-refractivity contribution >= 4 is 35.4 Å². The third-order valence-corrected chi connectivity index (χ3v) is 7.88. The van der Waals surface area contributed by atoms with Crippen LogP contribution in [0.1, 0.15) is 69.4 Å². The summed E-state index contributed by atoms with van der Waals surface area (Å²) in [5, 5.41) is 2.99. The second-order valence-corrected chi connectivity index (χ2v) is 11.6. The average molecular weight is 553 g/mol. The molecule has 1 atom stereocenters. The Bertz CT molecular complexity index is 1330. The van der Waals surface area contributed by atoms with Crippen molar-refractivity contribution in [2.24, 2.45) is 17.5 Å². The van der Waals surface area contributed by atoms with Crippen LogP contribution in [0.4, 0.5) is 11.4 Å². The van der Waals surface area contributed by atoms with Crippen molar-refractivity contribution < 1.29 is 28.6 Å². The Hall–Kier alpha value is -3.82. The number of ether oxygens (including phenoxy) is 3. The molecule has 1 fully saturated rings. The van der Waals surface area contributed by atoms with Gasteiger partial charge in [0, 0.05) is 43.2 Å². The van der Waals surface area contributed by atoms with Crippen molar-refractivity contribution in [3.8, 4) is 11.5 Å². The van der Waals surface area contributed by atoms with E-state index in [1.807, 2.05) is 36.6 Å². The molecule has 4 rings (SSSR count). The Kier molecular flexibility index (Phi) is 8.28. The molecule has 1 aromatic carbocycles. The fraction of sp³-hybridized carbons (Fsp3) is 0.533. The van der Waals surface area contributed by atoms with Crippen LogP contribution in [0.25, 0.3) is 0 Å². The molecular formula is C30H40N4O6. The number of rotatable bonds is 10. The number of aliphatic imine (C=N–C) groups is 1. The maximum atomic E-state index is 13.1. The Morgan fingerprint density at radius 2 is 1.88 bits per heavy atom. The van der Waals surface area contributed by atoms with E-state index in [2.05, 4.69) is 10.3 Å². The first kappa shape index (κ1) is 29.2. The second kappa shape index (κ2) is 11.3. The van der Waals surface area contributed by atoms with Crippen LogP contribution < -0.4 is 14.8 Å². The lowest BCUT2D eigenvalue weighted by atomic mass is 9.86. The highest BCUT2D eigenvalue weighted by molar-refractivity contribution is 6.03. The van der Waals surface area contributed by atoms with E-state index in [0.29, 0.717) is 47.9 Å². The Labute approximate surface area is 235 Å². The number of aromatic nitrogens is 1. The van der Waals surface area contributed by atoms with Crippen LogP contribution in [0, 0.1) is 5.41 Å². The summed E-state index contributed by atoms with van der Waals surface area (Å²) in [5.74, 6) is 0.479. The summed E-state index contributed by atoms with van der Waals surface area (Å²) < 4.78 is 18.3. The molecule has 0 radical (unpaired) electrons. The van der Waals surface area contributed by atoms with E-state index in [-0.39, 0.29) is 23.8 Å². The third-order valence-electron chi connectivity index (χ3n) is 7.88. The second-order valence-electron chi connectivity index (χ2n) is 11.6. The van der Waals surface area contributed by atoms with Gasteiger partial charge in [0.2, 0.25) is 5.91 Å². The number of hydrogen-bond donors (Lipinski definition) is 1. The minimum atomic E-state index is -0.856. The molecule has 2 aromatic rings. The quantitative estimate of drug-likeness (QED) is 0.340. The van der Waals surface area contributed by atoms with Crippen LogP contribution in [-0.2, 0) is 26.8 Å². The Morgan fingerprint density at radius 3 is 2.58 bits per heavy atom. The summed E-state index contributed by atoms with van der Waals surface area (Å²) in [6.45, 7) is 8.45. The minimum Gasteiger partial charge on any atom is -0.493 e. The maximum Gasteiger partial charge on any atom is 0.317 e. The third kappa shape index (κ3) is 5.71. The van der Waals surface area contributed by atoms with Crippen LogP contribution in [0.2, 0.25) is 0 Å². The number of nitrogens with zero attached hydrogens (tertiary/aromatic N) is 3. The van der Waals surface area contributed by atoms with Gasteiger partial charge in [-0.05, 0) is 51.7 Å². The molecule has 40 heavy (non-hydrogen) atoms. The number of fused-ring (bicyclic) bond motifs is 2. The van der Waals surface area contributed by atoms with Crippen LogP contribution in [0.15, 0.2) is 29.4 Å². The van der Waals surface area contributed by atoms with Crippen LogP contribution in [0.3, 0.4) is 0 Å². The molecule has 0 saturated carbocycles. The Balaban J connectivity index is 1.36. The predicted molar refractivity (Wildman–Crippen MR) is 153 cm³/mol. The zero-order valence-corrected chi connectivity index (χ0v) is 24.5. The highest BCUT2D eigenvalue weighted by atomic mass is 16.5. The normalized spacial score (nSPS) is 16.7. The molecular weight excluding hydrogens is 512 g/mol. The molecule has 216 valence electrons. The first-order valence-corrected chi connectivity index (χ1v) is 13.7. The molecule has 2 amide bonds. The smallest absolute Gasteiger partial charge is 0.317 e. The van der Waals surface area contributed by atoms with Gasteiger partial charge in [0.05, 0.1) is 43.8 Å². The molecule has 2 aliphatic heterocycles. The molecule has 10 nitrogen and oxygen atoms in total. The van der Waals surface area contributed by atoms with Gasteiger partial charge in [0.25, 0.3) is 5.91 Å². The number of carbonyl (C=O) groups is 3.